The highest BCUT2D eigenvalue weighted by Gasteiger charge is 2.28. The first-order valence-electron chi connectivity index (χ1n) is 9.31. The standard InChI is InChI=1S/C20H22N6O2/c1-24(2)19(27)15-12-23-26-17(8-10-22-18(15)26)14-6-5-11-25(13-14)20(28)16-7-3-4-9-21-16/h3-4,7-10,12,14H,5-6,11,13H2,1-2H3/t14-/m0/s1. The first-order valence-corrected chi connectivity index (χ1v) is 9.31. The second-order valence-electron chi connectivity index (χ2n) is 7.17. The third-order valence-corrected chi connectivity index (χ3v) is 5.08. The Kier molecular flexibility index (Phi) is 4.77. The Labute approximate surface area is 162 Å². The molecule has 1 fully saturated rings. The highest BCUT2D eigenvalue weighted by Crippen LogP contribution is 2.28. The number of nitrogens with zero attached hydrogens (tertiary/aromatic N) is 6. The molecule has 1 saturated heterocycles. The second-order valence-corrected chi connectivity index (χ2v) is 7.17. The lowest BCUT2D eigenvalue weighted by Crippen LogP contribution is -2.39. The van der Waals surface area contributed by atoms with Gasteiger partial charge in [-0.3, -0.25) is 14.6 Å². The zero-order valence-electron chi connectivity index (χ0n) is 15.9. The molecule has 0 bridgehead atoms. The highest BCUT2D eigenvalue weighted by molar-refractivity contribution is 5.99. The van der Waals surface area contributed by atoms with E-state index in [-0.39, 0.29) is 17.7 Å². The molecule has 3 aromatic rings. The SMILES string of the molecule is CN(C)C(=O)c1cnn2c([C@H]3CCCN(C(=O)c4ccccn4)C3)ccnc12. The van der Waals surface area contributed by atoms with Crippen LogP contribution in [0.5, 0.6) is 0 Å². The molecule has 0 aromatic carbocycles. The van der Waals surface area contributed by atoms with Crippen molar-refractivity contribution < 1.29 is 9.59 Å². The quantitative estimate of drug-likeness (QED) is 0.694. The van der Waals surface area contributed by atoms with Gasteiger partial charge >= 0.3 is 0 Å². The van der Waals surface area contributed by atoms with Gasteiger partial charge in [0.25, 0.3) is 11.8 Å². The van der Waals surface area contributed by atoms with Crippen molar-refractivity contribution in [1.82, 2.24) is 29.4 Å². The van der Waals surface area contributed by atoms with Gasteiger partial charge in [-0.05, 0) is 31.0 Å². The average Bonchev–Trinajstić information content (AvgIpc) is 3.17. The van der Waals surface area contributed by atoms with Crippen LogP contribution in [0.2, 0.25) is 0 Å². The monoisotopic (exact) mass is 378 g/mol. The van der Waals surface area contributed by atoms with Crippen molar-refractivity contribution in [2.75, 3.05) is 27.2 Å². The highest BCUT2D eigenvalue weighted by atomic mass is 16.2. The molecule has 1 aliphatic heterocycles. The van der Waals surface area contributed by atoms with E-state index < -0.39 is 0 Å². The molecular formula is C20H22N6O2. The zero-order chi connectivity index (χ0) is 19.7. The molecule has 1 atom stereocenters. The number of pyridine rings is 1. The van der Waals surface area contributed by atoms with Crippen LogP contribution >= 0.6 is 0 Å². The van der Waals surface area contributed by atoms with Crippen LogP contribution in [0, 0.1) is 0 Å². The number of fused-ring (bicyclic) bond motifs is 1. The van der Waals surface area contributed by atoms with Crippen LogP contribution in [-0.4, -0.2) is 68.4 Å². The number of hydrogen-bond donors (Lipinski definition) is 0. The van der Waals surface area contributed by atoms with Crippen LogP contribution in [0.1, 0.15) is 45.3 Å². The number of amides is 2. The van der Waals surface area contributed by atoms with E-state index in [9.17, 15) is 9.59 Å². The molecular weight excluding hydrogens is 356 g/mol. The normalized spacial score (nSPS) is 16.9. The molecule has 0 unspecified atom stereocenters. The average molecular weight is 378 g/mol. The molecule has 0 radical (unpaired) electrons. The summed E-state index contributed by atoms with van der Waals surface area (Å²) in [6.07, 6.45) is 6.75. The third kappa shape index (κ3) is 3.21. The van der Waals surface area contributed by atoms with Crippen molar-refractivity contribution in [2.45, 2.75) is 18.8 Å². The molecule has 0 N–H and O–H groups in total. The molecule has 0 spiro atoms. The zero-order valence-corrected chi connectivity index (χ0v) is 15.9. The second kappa shape index (κ2) is 7.38. The number of aromatic nitrogens is 4. The summed E-state index contributed by atoms with van der Waals surface area (Å²) in [7, 11) is 3.41. The number of piperidine rings is 1. The van der Waals surface area contributed by atoms with Gasteiger partial charge in [0, 0.05) is 45.5 Å². The Hall–Kier alpha value is -3.29. The number of hydrogen-bond acceptors (Lipinski definition) is 5. The summed E-state index contributed by atoms with van der Waals surface area (Å²) in [6, 6.07) is 7.28. The molecule has 144 valence electrons. The fourth-order valence-electron chi connectivity index (χ4n) is 3.67. The van der Waals surface area contributed by atoms with E-state index in [1.165, 1.54) is 4.90 Å². The summed E-state index contributed by atoms with van der Waals surface area (Å²) >= 11 is 0. The van der Waals surface area contributed by atoms with Gasteiger partial charge in [0.2, 0.25) is 0 Å². The van der Waals surface area contributed by atoms with E-state index in [0.29, 0.717) is 30.0 Å². The maximum atomic E-state index is 12.8. The predicted octanol–water partition coefficient (Wildman–Crippen LogP) is 1.85. The van der Waals surface area contributed by atoms with Crippen LogP contribution in [0.4, 0.5) is 0 Å². The van der Waals surface area contributed by atoms with Crippen molar-refractivity contribution in [3.63, 3.8) is 0 Å². The minimum Gasteiger partial charge on any atom is -0.345 e. The van der Waals surface area contributed by atoms with Gasteiger partial charge in [-0.15, -0.1) is 0 Å². The van der Waals surface area contributed by atoms with E-state index in [4.69, 9.17) is 0 Å². The fourth-order valence-corrected chi connectivity index (χ4v) is 3.67. The first kappa shape index (κ1) is 18.1. The maximum absolute atomic E-state index is 12.8. The van der Waals surface area contributed by atoms with E-state index in [2.05, 4.69) is 15.1 Å². The van der Waals surface area contributed by atoms with Crippen molar-refractivity contribution >= 4 is 17.5 Å². The molecule has 3 aromatic heterocycles. The summed E-state index contributed by atoms with van der Waals surface area (Å²) in [5, 5.41) is 4.42. The molecule has 2 amide bonds. The smallest absolute Gasteiger partial charge is 0.272 e. The van der Waals surface area contributed by atoms with Gasteiger partial charge in [-0.25, -0.2) is 9.50 Å². The van der Waals surface area contributed by atoms with Gasteiger partial charge < -0.3 is 9.80 Å². The summed E-state index contributed by atoms with van der Waals surface area (Å²) in [4.78, 5) is 37.1. The molecule has 8 nitrogen and oxygen atoms in total. The Bertz CT molecular complexity index is 1010. The van der Waals surface area contributed by atoms with E-state index in [1.807, 2.05) is 17.0 Å². The van der Waals surface area contributed by atoms with Crippen molar-refractivity contribution in [2.24, 2.45) is 0 Å². The van der Waals surface area contributed by atoms with Crippen LogP contribution in [0.25, 0.3) is 5.65 Å². The van der Waals surface area contributed by atoms with Crippen LogP contribution in [0.3, 0.4) is 0 Å². The van der Waals surface area contributed by atoms with Gasteiger partial charge in [-0.2, -0.15) is 5.10 Å². The van der Waals surface area contributed by atoms with Gasteiger partial charge in [0.15, 0.2) is 5.65 Å². The van der Waals surface area contributed by atoms with Gasteiger partial charge in [-0.1, -0.05) is 6.07 Å². The Morgan fingerprint density at radius 2 is 2.00 bits per heavy atom. The summed E-state index contributed by atoms with van der Waals surface area (Å²) in [5.41, 5.74) is 2.44. The number of carbonyl (C=O) groups excluding carboxylic acids is 2. The van der Waals surface area contributed by atoms with Gasteiger partial charge in [0.1, 0.15) is 11.3 Å². The number of rotatable bonds is 3. The predicted molar refractivity (Wildman–Crippen MR) is 103 cm³/mol. The van der Waals surface area contributed by atoms with Crippen molar-refractivity contribution in [1.29, 1.82) is 0 Å². The van der Waals surface area contributed by atoms with Gasteiger partial charge in [0.05, 0.1) is 11.9 Å². The van der Waals surface area contributed by atoms with Crippen molar-refractivity contribution in [3.8, 4) is 0 Å². The summed E-state index contributed by atoms with van der Waals surface area (Å²) in [5.74, 6) is -0.0658. The number of likely N-dealkylation sites (tertiary alicyclic amines) is 1. The molecule has 1 aliphatic rings. The molecule has 8 heteroatoms. The molecule has 28 heavy (non-hydrogen) atoms. The summed E-state index contributed by atoms with van der Waals surface area (Å²) in [6.45, 7) is 1.30. The lowest BCUT2D eigenvalue weighted by atomic mass is 9.94. The molecule has 4 rings (SSSR count). The van der Waals surface area contributed by atoms with Crippen LogP contribution < -0.4 is 0 Å². The lowest BCUT2D eigenvalue weighted by Gasteiger charge is -2.32. The molecule has 0 aliphatic carbocycles. The number of carbonyl (C=O) groups is 2. The largest absolute Gasteiger partial charge is 0.345 e. The minimum atomic E-state index is -0.129. The maximum Gasteiger partial charge on any atom is 0.272 e. The molecule has 0 saturated carbocycles. The van der Waals surface area contributed by atoms with Crippen molar-refractivity contribution in [3.05, 3.63) is 59.8 Å². The van der Waals surface area contributed by atoms with Crippen LogP contribution in [0.15, 0.2) is 42.9 Å². The fraction of sp³-hybridized carbons (Fsp3) is 0.350. The molecule has 4 heterocycles. The minimum absolute atomic E-state index is 0.0560. The topological polar surface area (TPSA) is 83.7 Å². The first-order chi connectivity index (χ1) is 13.6. The van der Waals surface area contributed by atoms with E-state index in [1.54, 1.807) is 49.3 Å². The third-order valence-electron chi connectivity index (χ3n) is 5.08. The lowest BCUT2D eigenvalue weighted by molar-refractivity contribution is 0.0699. The van der Waals surface area contributed by atoms with E-state index >= 15 is 0 Å². The Morgan fingerprint density at radius 1 is 1.14 bits per heavy atom. The van der Waals surface area contributed by atoms with E-state index in [0.717, 1.165) is 18.5 Å². The van der Waals surface area contributed by atoms with Crippen LogP contribution in [-0.2, 0) is 0 Å². The summed E-state index contributed by atoms with van der Waals surface area (Å²) < 4.78 is 1.73. The Morgan fingerprint density at radius 3 is 2.75 bits per heavy atom. The Balaban J connectivity index is 1.63.